The van der Waals surface area contributed by atoms with Gasteiger partial charge in [0.15, 0.2) is 5.96 Å². The number of fused-ring (bicyclic) bond motifs is 1. The zero-order valence-corrected chi connectivity index (χ0v) is 17.8. The number of para-hydroxylation sites is 1. The lowest BCUT2D eigenvalue weighted by Gasteiger charge is -2.22. The summed E-state index contributed by atoms with van der Waals surface area (Å²) in [5.41, 5.74) is 3.83. The van der Waals surface area contributed by atoms with Gasteiger partial charge in [-0.05, 0) is 18.1 Å². The number of rotatable bonds is 2. The van der Waals surface area contributed by atoms with E-state index in [-0.39, 0.29) is 29.4 Å². The van der Waals surface area contributed by atoms with Crippen LogP contribution in [0.3, 0.4) is 0 Å². The van der Waals surface area contributed by atoms with Gasteiger partial charge in [-0.15, -0.1) is 35.3 Å². The number of hydrogen-bond acceptors (Lipinski definition) is 3. The molecule has 1 aliphatic rings. The third-order valence-electron chi connectivity index (χ3n) is 3.98. The maximum Gasteiger partial charge on any atom is 0.198 e. The number of anilines is 1. The van der Waals surface area contributed by atoms with Crippen LogP contribution in [-0.4, -0.2) is 24.5 Å². The topological polar surface area (TPSA) is 40.5 Å². The van der Waals surface area contributed by atoms with Gasteiger partial charge in [0.2, 0.25) is 0 Å². The summed E-state index contributed by atoms with van der Waals surface area (Å²) in [6.07, 6.45) is 1.07. The molecule has 3 rings (SSSR count). The number of nitrogens with one attached hydrogen (secondary N) is 1. The summed E-state index contributed by atoms with van der Waals surface area (Å²) in [5, 5.41) is 6.77. The van der Waals surface area contributed by atoms with Gasteiger partial charge in [0.1, 0.15) is 0 Å². The molecule has 0 spiro atoms. The highest BCUT2D eigenvalue weighted by Gasteiger charge is 2.23. The maximum atomic E-state index is 4.74. The van der Waals surface area contributed by atoms with Crippen molar-refractivity contribution in [2.75, 3.05) is 18.5 Å². The maximum absolute atomic E-state index is 4.74. The van der Waals surface area contributed by atoms with E-state index >= 15 is 0 Å². The molecule has 1 N–H and O–H groups in total. The van der Waals surface area contributed by atoms with Crippen molar-refractivity contribution < 1.29 is 0 Å². The molecule has 0 unspecified atom stereocenters. The molecule has 24 heavy (non-hydrogen) atoms. The van der Waals surface area contributed by atoms with Gasteiger partial charge in [-0.1, -0.05) is 39.0 Å². The lowest BCUT2D eigenvalue weighted by Crippen LogP contribution is -2.40. The second-order valence-corrected chi connectivity index (χ2v) is 7.68. The van der Waals surface area contributed by atoms with Crippen LogP contribution >= 0.6 is 35.3 Å². The molecule has 4 nitrogen and oxygen atoms in total. The Morgan fingerprint density at radius 2 is 2.08 bits per heavy atom. The first-order valence-electron chi connectivity index (χ1n) is 8.00. The summed E-state index contributed by atoms with van der Waals surface area (Å²) in [4.78, 5) is 11.4. The molecule has 0 fully saturated rings. The Bertz CT molecular complexity index is 718. The molecule has 1 aliphatic heterocycles. The van der Waals surface area contributed by atoms with Crippen molar-refractivity contribution in [2.45, 2.75) is 39.2 Å². The lowest BCUT2D eigenvalue weighted by molar-refractivity contribution is 0.582. The van der Waals surface area contributed by atoms with Gasteiger partial charge < -0.3 is 10.2 Å². The van der Waals surface area contributed by atoms with Crippen molar-refractivity contribution >= 4 is 47.0 Å². The molecule has 0 amide bonds. The Balaban J connectivity index is 0.00000208. The molecule has 0 atom stereocenters. The number of nitrogens with zero attached hydrogens (tertiary/aromatic N) is 3. The van der Waals surface area contributed by atoms with Crippen molar-refractivity contribution in [2.24, 2.45) is 4.99 Å². The summed E-state index contributed by atoms with van der Waals surface area (Å²) in [6.45, 7) is 8.27. The summed E-state index contributed by atoms with van der Waals surface area (Å²) >= 11 is 1.73. The molecule has 0 saturated heterocycles. The fraction of sp³-hybridized carbons (Fsp3) is 0.444. The average Bonchev–Trinajstić information content (AvgIpc) is 3.15. The molecule has 0 saturated carbocycles. The van der Waals surface area contributed by atoms with Gasteiger partial charge >= 0.3 is 0 Å². The van der Waals surface area contributed by atoms with E-state index in [4.69, 9.17) is 4.98 Å². The van der Waals surface area contributed by atoms with Gasteiger partial charge in [-0.2, -0.15) is 0 Å². The third kappa shape index (κ3) is 4.08. The summed E-state index contributed by atoms with van der Waals surface area (Å²) in [6, 6.07) is 8.54. The van der Waals surface area contributed by atoms with E-state index in [2.05, 4.69) is 65.6 Å². The van der Waals surface area contributed by atoms with Crippen LogP contribution in [0.5, 0.6) is 0 Å². The second-order valence-electron chi connectivity index (χ2n) is 6.83. The second kappa shape index (κ2) is 7.82. The molecule has 2 aromatic rings. The number of hydrogen-bond donors (Lipinski definition) is 1. The first-order chi connectivity index (χ1) is 11.0. The molecular weight excluding hydrogens is 431 g/mol. The number of aromatic nitrogens is 1. The third-order valence-corrected chi connectivity index (χ3v) is 5.29. The summed E-state index contributed by atoms with van der Waals surface area (Å²) < 4.78 is 0. The largest absolute Gasteiger partial charge is 0.350 e. The summed E-state index contributed by atoms with van der Waals surface area (Å²) in [5.74, 6) is 0.917. The molecular formula is C18H25IN4S. The minimum Gasteiger partial charge on any atom is -0.350 e. The minimum absolute atomic E-state index is 0. The number of benzene rings is 1. The van der Waals surface area contributed by atoms with Crippen molar-refractivity contribution in [1.82, 2.24) is 10.3 Å². The highest BCUT2D eigenvalue weighted by atomic mass is 127. The highest BCUT2D eigenvalue weighted by molar-refractivity contribution is 14.0. The van der Waals surface area contributed by atoms with Crippen molar-refractivity contribution in [3.63, 3.8) is 0 Å². The predicted molar refractivity (Wildman–Crippen MR) is 114 cm³/mol. The van der Waals surface area contributed by atoms with Crippen molar-refractivity contribution in [3.05, 3.63) is 45.9 Å². The highest BCUT2D eigenvalue weighted by Crippen LogP contribution is 2.28. The molecule has 1 aromatic heterocycles. The molecule has 0 aliphatic carbocycles. The van der Waals surface area contributed by atoms with E-state index < -0.39 is 0 Å². The Labute approximate surface area is 165 Å². The van der Waals surface area contributed by atoms with Crippen LogP contribution < -0.4 is 10.2 Å². The summed E-state index contributed by atoms with van der Waals surface area (Å²) in [7, 11) is 1.84. The number of halogens is 1. The Hall–Kier alpha value is -1.15. The average molecular weight is 456 g/mol. The van der Waals surface area contributed by atoms with Crippen LogP contribution in [0.25, 0.3) is 0 Å². The van der Waals surface area contributed by atoms with E-state index in [0.717, 1.165) is 24.6 Å². The smallest absolute Gasteiger partial charge is 0.198 e. The molecule has 6 heteroatoms. The van der Waals surface area contributed by atoms with E-state index in [1.165, 1.54) is 16.3 Å². The first-order valence-corrected chi connectivity index (χ1v) is 8.88. The van der Waals surface area contributed by atoms with Gasteiger partial charge in [-0.3, -0.25) is 4.99 Å². The van der Waals surface area contributed by atoms with Crippen LogP contribution in [0, 0.1) is 0 Å². The Kier molecular flexibility index (Phi) is 6.25. The normalized spacial score (nSPS) is 14.3. The number of guanidine groups is 1. The number of aliphatic imine (C=N–C) groups is 1. The van der Waals surface area contributed by atoms with E-state index in [1.54, 1.807) is 11.3 Å². The van der Waals surface area contributed by atoms with Gasteiger partial charge in [0, 0.05) is 30.1 Å². The standard InChI is InChI=1S/C18H24N4S.HI/c1-18(2,3)16-21-14(12-23-16)11-20-17(19-4)22-10-9-13-7-5-6-8-15(13)22;/h5-8,12H,9-11H2,1-4H3,(H,19,20);1H. The Morgan fingerprint density at radius 3 is 2.75 bits per heavy atom. The Morgan fingerprint density at radius 1 is 1.33 bits per heavy atom. The van der Waals surface area contributed by atoms with Crippen LogP contribution in [0.1, 0.15) is 37.0 Å². The van der Waals surface area contributed by atoms with Gasteiger partial charge in [0.05, 0.1) is 17.2 Å². The zero-order chi connectivity index (χ0) is 16.4. The minimum atomic E-state index is 0. The molecule has 0 bridgehead atoms. The van der Waals surface area contributed by atoms with Gasteiger partial charge in [-0.25, -0.2) is 4.98 Å². The molecule has 0 radical (unpaired) electrons. The van der Waals surface area contributed by atoms with Crippen LogP contribution in [0.2, 0.25) is 0 Å². The van der Waals surface area contributed by atoms with Gasteiger partial charge in [0.25, 0.3) is 0 Å². The fourth-order valence-electron chi connectivity index (χ4n) is 2.76. The predicted octanol–water partition coefficient (Wildman–Crippen LogP) is 4.20. The lowest BCUT2D eigenvalue weighted by atomic mass is 9.98. The van der Waals surface area contributed by atoms with E-state index in [9.17, 15) is 0 Å². The van der Waals surface area contributed by atoms with Crippen LogP contribution in [-0.2, 0) is 18.4 Å². The quantitative estimate of drug-likeness (QED) is 0.419. The van der Waals surface area contributed by atoms with E-state index in [1.807, 2.05) is 7.05 Å². The van der Waals surface area contributed by atoms with E-state index in [0.29, 0.717) is 6.54 Å². The van der Waals surface area contributed by atoms with Crippen molar-refractivity contribution in [1.29, 1.82) is 0 Å². The SMILES string of the molecule is CN=C(NCc1csc(C(C)(C)C)n1)N1CCc2ccccc21.I. The fourth-order valence-corrected chi connectivity index (χ4v) is 3.66. The number of thiazole rings is 1. The molecule has 130 valence electrons. The zero-order valence-electron chi connectivity index (χ0n) is 14.7. The molecule has 1 aromatic carbocycles. The molecule has 2 heterocycles. The monoisotopic (exact) mass is 456 g/mol. The van der Waals surface area contributed by atoms with Crippen molar-refractivity contribution in [3.8, 4) is 0 Å². The first kappa shape index (κ1) is 19.2. The van der Waals surface area contributed by atoms with Crippen LogP contribution in [0.4, 0.5) is 5.69 Å². The van der Waals surface area contributed by atoms with Crippen LogP contribution in [0.15, 0.2) is 34.6 Å².